The lowest BCUT2D eigenvalue weighted by Gasteiger charge is -2.41. The number of rotatable bonds is 8. The summed E-state index contributed by atoms with van der Waals surface area (Å²) < 4.78 is 0. The number of aldehydes is 1. The molecule has 0 spiro atoms. The molecule has 0 amide bonds. The highest BCUT2D eigenvalue weighted by Gasteiger charge is 2.43. The number of hydrogen-bond acceptors (Lipinski definition) is 3. The third-order valence-electron chi connectivity index (χ3n) is 4.62. The van der Waals surface area contributed by atoms with Crippen LogP contribution in [0.3, 0.4) is 0 Å². The standard InChI is InChI=1S/C17H27NO2/c1-3-4-7-12-17(20,18(2)15-10-11-15)16-9-6-5-8-14(16)13-19/h5,8,13,15,20H,3-4,6-7,9-12H2,1-2H3. The van der Waals surface area contributed by atoms with Crippen molar-refractivity contribution in [1.29, 1.82) is 0 Å². The monoisotopic (exact) mass is 277 g/mol. The first-order valence-electron chi connectivity index (χ1n) is 7.94. The van der Waals surface area contributed by atoms with Crippen LogP contribution in [0.2, 0.25) is 0 Å². The molecule has 1 fully saturated rings. The lowest BCUT2D eigenvalue weighted by Crippen LogP contribution is -2.50. The van der Waals surface area contributed by atoms with E-state index in [2.05, 4.69) is 11.8 Å². The Kier molecular flexibility index (Phi) is 5.17. The molecular formula is C17H27NO2. The molecule has 1 unspecified atom stereocenters. The molecule has 0 aromatic rings. The van der Waals surface area contributed by atoms with Gasteiger partial charge in [0, 0.05) is 11.6 Å². The van der Waals surface area contributed by atoms with Gasteiger partial charge in [0.15, 0.2) is 0 Å². The SMILES string of the molecule is CCCCCC(O)(C1=C(C=O)C=CCC1)N(C)C1CC1. The minimum atomic E-state index is -0.933. The van der Waals surface area contributed by atoms with E-state index < -0.39 is 5.72 Å². The molecule has 1 atom stereocenters. The van der Waals surface area contributed by atoms with Gasteiger partial charge in [-0.3, -0.25) is 9.69 Å². The molecule has 0 aliphatic heterocycles. The van der Waals surface area contributed by atoms with E-state index in [-0.39, 0.29) is 0 Å². The molecule has 3 heteroatoms. The molecule has 1 saturated carbocycles. The first kappa shape index (κ1) is 15.5. The van der Waals surface area contributed by atoms with E-state index >= 15 is 0 Å². The number of carbonyl (C=O) groups excluding carboxylic acids is 1. The summed E-state index contributed by atoms with van der Waals surface area (Å²) in [6.07, 6.45) is 12.8. The summed E-state index contributed by atoms with van der Waals surface area (Å²) in [4.78, 5) is 13.4. The Morgan fingerprint density at radius 3 is 2.80 bits per heavy atom. The summed E-state index contributed by atoms with van der Waals surface area (Å²) in [5.41, 5.74) is 0.681. The van der Waals surface area contributed by atoms with Gasteiger partial charge < -0.3 is 5.11 Å². The van der Waals surface area contributed by atoms with Crippen molar-refractivity contribution in [1.82, 2.24) is 4.90 Å². The second-order valence-electron chi connectivity index (χ2n) is 6.11. The molecule has 20 heavy (non-hydrogen) atoms. The maximum atomic E-state index is 11.3. The van der Waals surface area contributed by atoms with E-state index in [0.29, 0.717) is 11.6 Å². The van der Waals surface area contributed by atoms with E-state index in [1.54, 1.807) is 0 Å². The minimum absolute atomic E-state index is 0.480. The van der Waals surface area contributed by atoms with Crippen molar-refractivity contribution in [3.63, 3.8) is 0 Å². The van der Waals surface area contributed by atoms with Crippen molar-refractivity contribution in [3.05, 3.63) is 23.3 Å². The number of aliphatic hydroxyl groups is 1. The van der Waals surface area contributed by atoms with Crippen LogP contribution in [0.1, 0.15) is 58.3 Å². The first-order chi connectivity index (χ1) is 9.63. The van der Waals surface area contributed by atoms with E-state index in [4.69, 9.17) is 0 Å². The lowest BCUT2D eigenvalue weighted by atomic mass is 9.85. The largest absolute Gasteiger partial charge is 0.372 e. The highest BCUT2D eigenvalue weighted by molar-refractivity contribution is 5.80. The topological polar surface area (TPSA) is 40.5 Å². The van der Waals surface area contributed by atoms with Gasteiger partial charge in [-0.25, -0.2) is 0 Å². The van der Waals surface area contributed by atoms with Gasteiger partial charge in [0.2, 0.25) is 0 Å². The number of nitrogens with zero attached hydrogens (tertiary/aromatic N) is 1. The van der Waals surface area contributed by atoms with Crippen LogP contribution >= 0.6 is 0 Å². The van der Waals surface area contributed by atoms with Crippen LogP contribution in [0, 0.1) is 0 Å². The molecule has 0 aromatic heterocycles. The molecule has 112 valence electrons. The van der Waals surface area contributed by atoms with Gasteiger partial charge in [-0.05, 0) is 51.1 Å². The third kappa shape index (κ3) is 3.21. The van der Waals surface area contributed by atoms with Crippen LogP contribution in [0.25, 0.3) is 0 Å². The number of allylic oxidation sites excluding steroid dienone is 3. The number of carbonyl (C=O) groups is 1. The van der Waals surface area contributed by atoms with E-state index in [0.717, 1.165) is 63.2 Å². The summed E-state index contributed by atoms with van der Waals surface area (Å²) in [6.45, 7) is 2.17. The zero-order valence-electron chi connectivity index (χ0n) is 12.8. The van der Waals surface area contributed by atoms with Crippen molar-refractivity contribution in [2.75, 3.05) is 7.05 Å². The number of unbranched alkanes of at least 4 members (excludes halogenated alkanes) is 2. The average Bonchev–Trinajstić information content (AvgIpc) is 3.31. The van der Waals surface area contributed by atoms with E-state index in [1.165, 1.54) is 0 Å². The van der Waals surface area contributed by atoms with Gasteiger partial charge in [-0.1, -0.05) is 31.9 Å². The quantitative estimate of drug-likeness (QED) is 0.421. The Hall–Kier alpha value is -0.930. The maximum Gasteiger partial charge on any atom is 0.150 e. The second-order valence-corrected chi connectivity index (χ2v) is 6.11. The van der Waals surface area contributed by atoms with E-state index in [9.17, 15) is 9.90 Å². The Morgan fingerprint density at radius 1 is 1.45 bits per heavy atom. The highest BCUT2D eigenvalue weighted by atomic mass is 16.3. The summed E-state index contributed by atoms with van der Waals surface area (Å²) in [6, 6.07) is 0.480. The molecule has 3 nitrogen and oxygen atoms in total. The predicted octanol–water partition coefficient (Wildman–Crippen LogP) is 3.20. The van der Waals surface area contributed by atoms with Crippen molar-refractivity contribution < 1.29 is 9.90 Å². The fourth-order valence-corrected chi connectivity index (χ4v) is 3.15. The lowest BCUT2D eigenvalue weighted by molar-refractivity contribution is -0.105. The van der Waals surface area contributed by atoms with Crippen LogP contribution in [-0.4, -0.2) is 35.1 Å². The molecule has 1 N–H and O–H groups in total. The smallest absolute Gasteiger partial charge is 0.150 e. The Labute approximate surface area is 122 Å². The Balaban J connectivity index is 2.26. The molecule has 2 aliphatic rings. The molecule has 0 radical (unpaired) electrons. The van der Waals surface area contributed by atoms with Gasteiger partial charge in [0.05, 0.1) is 0 Å². The van der Waals surface area contributed by atoms with Gasteiger partial charge >= 0.3 is 0 Å². The summed E-state index contributed by atoms with van der Waals surface area (Å²) in [5.74, 6) is 0. The number of likely N-dealkylation sites (N-methyl/N-ethyl adjacent to an activating group) is 1. The molecule has 0 aromatic carbocycles. The van der Waals surface area contributed by atoms with Crippen LogP contribution < -0.4 is 0 Å². The first-order valence-corrected chi connectivity index (χ1v) is 7.94. The summed E-state index contributed by atoms with van der Waals surface area (Å²) in [5, 5.41) is 11.3. The van der Waals surface area contributed by atoms with Gasteiger partial charge in [0.25, 0.3) is 0 Å². The van der Waals surface area contributed by atoms with Crippen molar-refractivity contribution >= 4 is 6.29 Å². The van der Waals surface area contributed by atoms with Crippen LogP contribution in [0.4, 0.5) is 0 Å². The molecule has 0 saturated heterocycles. The third-order valence-corrected chi connectivity index (χ3v) is 4.62. The second kappa shape index (κ2) is 6.68. The molecule has 2 rings (SSSR count). The fraction of sp³-hybridized carbons (Fsp3) is 0.706. The Morgan fingerprint density at radius 2 is 2.20 bits per heavy atom. The normalized spacial score (nSPS) is 22.2. The maximum absolute atomic E-state index is 11.3. The van der Waals surface area contributed by atoms with Gasteiger partial charge in [0.1, 0.15) is 12.0 Å². The summed E-state index contributed by atoms with van der Waals surface area (Å²) >= 11 is 0. The predicted molar refractivity (Wildman–Crippen MR) is 81.3 cm³/mol. The molecule has 2 aliphatic carbocycles. The molecule has 0 bridgehead atoms. The van der Waals surface area contributed by atoms with Crippen molar-refractivity contribution in [2.24, 2.45) is 0 Å². The number of hydrogen-bond donors (Lipinski definition) is 1. The van der Waals surface area contributed by atoms with Crippen LogP contribution in [0.15, 0.2) is 23.3 Å². The fourth-order valence-electron chi connectivity index (χ4n) is 3.15. The van der Waals surface area contributed by atoms with Gasteiger partial charge in [-0.15, -0.1) is 0 Å². The average molecular weight is 277 g/mol. The minimum Gasteiger partial charge on any atom is -0.372 e. The van der Waals surface area contributed by atoms with Gasteiger partial charge in [-0.2, -0.15) is 0 Å². The van der Waals surface area contributed by atoms with Crippen molar-refractivity contribution in [3.8, 4) is 0 Å². The van der Waals surface area contributed by atoms with Crippen LogP contribution in [0.5, 0.6) is 0 Å². The van der Waals surface area contributed by atoms with E-state index in [1.807, 2.05) is 19.2 Å². The zero-order chi connectivity index (χ0) is 14.6. The zero-order valence-corrected chi connectivity index (χ0v) is 12.8. The molecular weight excluding hydrogens is 250 g/mol. The highest BCUT2D eigenvalue weighted by Crippen LogP contribution is 2.40. The Bertz CT molecular complexity index is 409. The molecule has 0 heterocycles. The van der Waals surface area contributed by atoms with Crippen molar-refractivity contribution in [2.45, 2.75) is 70.1 Å². The van der Waals surface area contributed by atoms with Crippen LogP contribution in [-0.2, 0) is 4.79 Å². The summed E-state index contributed by atoms with van der Waals surface area (Å²) in [7, 11) is 2.01.